The standard InChI is InChI=1S/C18H22N2O3/c1-11-17(2,3)13-6-7-18(11,9-13)16(23)20-19-10-12-4-5-14(21)8-15(12)22/h4-5,8,10,13,21-22H,1,6-7,9H2,2-3H3,(H,20,23)/b19-10+/t13-,18+/m1/s1. The Balaban J connectivity index is 1.73. The first-order chi connectivity index (χ1) is 10.8. The minimum atomic E-state index is -0.511. The van der Waals surface area contributed by atoms with Crippen molar-refractivity contribution in [1.82, 2.24) is 5.43 Å². The molecule has 1 aromatic carbocycles. The van der Waals surface area contributed by atoms with Gasteiger partial charge < -0.3 is 10.2 Å². The van der Waals surface area contributed by atoms with Crippen molar-refractivity contribution in [2.45, 2.75) is 33.1 Å². The third-order valence-electron chi connectivity index (χ3n) is 5.71. The lowest BCUT2D eigenvalue weighted by Gasteiger charge is -2.36. The number of fused-ring (bicyclic) bond motifs is 2. The van der Waals surface area contributed by atoms with Gasteiger partial charge in [-0.2, -0.15) is 5.10 Å². The van der Waals surface area contributed by atoms with E-state index < -0.39 is 5.41 Å². The Bertz CT molecular complexity index is 708. The van der Waals surface area contributed by atoms with Crippen LogP contribution in [-0.4, -0.2) is 22.3 Å². The third-order valence-corrected chi connectivity index (χ3v) is 5.71. The molecule has 2 aliphatic rings. The summed E-state index contributed by atoms with van der Waals surface area (Å²) in [6.45, 7) is 8.51. The molecule has 0 aromatic heterocycles. The van der Waals surface area contributed by atoms with Crippen LogP contribution < -0.4 is 5.43 Å². The highest BCUT2D eigenvalue weighted by Gasteiger charge is 2.60. The summed E-state index contributed by atoms with van der Waals surface area (Å²) >= 11 is 0. The van der Waals surface area contributed by atoms with Gasteiger partial charge in [0.25, 0.3) is 0 Å². The molecule has 2 atom stereocenters. The van der Waals surface area contributed by atoms with E-state index in [1.165, 1.54) is 24.4 Å². The average molecular weight is 314 g/mol. The molecule has 3 rings (SSSR count). The molecule has 1 amide bonds. The van der Waals surface area contributed by atoms with Gasteiger partial charge in [-0.3, -0.25) is 4.79 Å². The molecule has 3 N–H and O–H groups in total. The monoisotopic (exact) mass is 314 g/mol. The van der Waals surface area contributed by atoms with E-state index in [9.17, 15) is 15.0 Å². The second-order valence-corrected chi connectivity index (χ2v) is 7.16. The van der Waals surface area contributed by atoms with Crippen molar-refractivity contribution in [3.63, 3.8) is 0 Å². The normalized spacial score (nSPS) is 28.4. The Morgan fingerprint density at radius 2 is 2.17 bits per heavy atom. The molecule has 0 aliphatic heterocycles. The maximum Gasteiger partial charge on any atom is 0.250 e. The summed E-state index contributed by atoms with van der Waals surface area (Å²) < 4.78 is 0. The van der Waals surface area contributed by atoms with Crippen LogP contribution in [0, 0.1) is 16.7 Å². The molecule has 122 valence electrons. The lowest BCUT2D eigenvalue weighted by Crippen LogP contribution is -2.39. The number of hydrogen-bond acceptors (Lipinski definition) is 4. The van der Waals surface area contributed by atoms with Gasteiger partial charge in [0.15, 0.2) is 0 Å². The maximum atomic E-state index is 12.7. The largest absolute Gasteiger partial charge is 0.508 e. The first-order valence-electron chi connectivity index (χ1n) is 7.83. The molecule has 0 spiro atoms. The number of phenolic OH excluding ortho intramolecular Hbond substituents is 2. The number of phenols is 2. The number of nitrogens with one attached hydrogen (secondary N) is 1. The van der Waals surface area contributed by atoms with Crippen LogP contribution in [0.4, 0.5) is 0 Å². The third kappa shape index (κ3) is 2.31. The van der Waals surface area contributed by atoms with E-state index >= 15 is 0 Å². The van der Waals surface area contributed by atoms with Crippen molar-refractivity contribution < 1.29 is 15.0 Å². The highest BCUT2D eigenvalue weighted by Crippen LogP contribution is 2.65. The van der Waals surface area contributed by atoms with Gasteiger partial charge in [-0.15, -0.1) is 0 Å². The minimum absolute atomic E-state index is 0.00543. The first kappa shape index (κ1) is 15.6. The minimum Gasteiger partial charge on any atom is -0.508 e. The summed E-state index contributed by atoms with van der Waals surface area (Å²) in [6, 6.07) is 4.21. The van der Waals surface area contributed by atoms with Crippen LogP contribution in [0.25, 0.3) is 0 Å². The van der Waals surface area contributed by atoms with Gasteiger partial charge in [-0.1, -0.05) is 26.0 Å². The van der Waals surface area contributed by atoms with E-state index in [0.29, 0.717) is 11.5 Å². The fourth-order valence-corrected chi connectivity index (χ4v) is 4.05. The molecule has 2 bridgehead atoms. The van der Waals surface area contributed by atoms with Crippen LogP contribution >= 0.6 is 0 Å². The van der Waals surface area contributed by atoms with Crippen LogP contribution in [0.15, 0.2) is 35.5 Å². The molecule has 0 radical (unpaired) electrons. The van der Waals surface area contributed by atoms with E-state index in [1.807, 2.05) is 0 Å². The number of benzene rings is 1. The lowest BCUT2D eigenvalue weighted by atomic mass is 9.68. The van der Waals surface area contributed by atoms with E-state index in [-0.39, 0.29) is 22.8 Å². The molecular weight excluding hydrogens is 292 g/mol. The van der Waals surface area contributed by atoms with E-state index in [4.69, 9.17) is 0 Å². The van der Waals surface area contributed by atoms with E-state index in [1.54, 1.807) is 0 Å². The quantitative estimate of drug-likeness (QED) is 0.456. The number of carbonyl (C=O) groups is 1. The van der Waals surface area contributed by atoms with Gasteiger partial charge in [0, 0.05) is 11.6 Å². The molecule has 0 unspecified atom stereocenters. The number of rotatable bonds is 3. The molecule has 0 saturated heterocycles. The fourth-order valence-electron chi connectivity index (χ4n) is 4.05. The predicted octanol–water partition coefficient (Wildman–Crippen LogP) is 2.93. The second kappa shape index (κ2) is 5.11. The molecule has 2 saturated carbocycles. The van der Waals surface area contributed by atoms with E-state index in [0.717, 1.165) is 24.8 Å². The van der Waals surface area contributed by atoms with Gasteiger partial charge >= 0.3 is 0 Å². The zero-order valence-electron chi connectivity index (χ0n) is 13.5. The molecule has 0 heterocycles. The highest BCUT2D eigenvalue weighted by atomic mass is 16.3. The van der Waals surface area contributed by atoms with Crippen molar-refractivity contribution in [2.75, 3.05) is 0 Å². The highest BCUT2D eigenvalue weighted by molar-refractivity contribution is 5.89. The summed E-state index contributed by atoms with van der Waals surface area (Å²) in [6.07, 6.45) is 4.08. The van der Waals surface area contributed by atoms with Crippen LogP contribution in [0.3, 0.4) is 0 Å². The number of aromatic hydroxyl groups is 2. The molecule has 1 aromatic rings. The second-order valence-electron chi connectivity index (χ2n) is 7.16. The molecule has 23 heavy (non-hydrogen) atoms. The molecule has 2 fully saturated rings. The number of amides is 1. The van der Waals surface area contributed by atoms with Crippen molar-refractivity contribution in [3.05, 3.63) is 35.9 Å². The lowest BCUT2D eigenvalue weighted by molar-refractivity contribution is -0.128. The topological polar surface area (TPSA) is 81.9 Å². The Labute approximate surface area is 135 Å². The Hall–Kier alpha value is -2.30. The van der Waals surface area contributed by atoms with Gasteiger partial charge in [-0.05, 0) is 42.7 Å². The fraction of sp³-hybridized carbons (Fsp3) is 0.444. The summed E-state index contributed by atoms with van der Waals surface area (Å²) in [5.41, 5.74) is 3.51. The Kier molecular flexibility index (Phi) is 3.47. The Morgan fingerprint density at radius 1 is 1.43 bits per heavy atom. The van der Waals surface area contributed by atoms with Crippen LogP contribution in [0.5, 0.6) is 11.5 Å². The number of hydrazone groups is 1. The molecule has 5 heteroatoms. The number of hydrogen-bond donors (Lipinski definition) is 3. The van der Waals surface area contributed by atoms with Gasteiger partial charge in [0.05, 0.1) is 11.6 Å². The average Bonchev–Trinajstić information content (AvgIpc) is 3.01. The van der Waals surface area contributed by atoms with Crippen LogP contribution in [0.1, 0.15) is 38.7 Å². The number of nitrogens with zero attached hydrogens (tertiary/aromatic N) is 1. The van der Waals surface area contributed by atoms with Gasteiger partial charge in [0.2, 0.25) is 5.91 Å². The summed E-state index contributed by atoms with van der Waals surface area (Å²) in [7, 11) is 0. The zero-order valence-corrected chi connectivity index (χ0v) is 13.5. The smallest absolute Gasteiger partial charge is 0.250 e. The van der Waals surface area contributed by atoms with Crippen molar-refractivity contribution in [2.24, 2.45) is 21.8 Å². The molecule has 5 nitrogen and oxygen atoms in total. The summed E-state index contributed by atoms with van der Waals surface area (Å²) in [5.74, 6) is 0.272. The summed E-state index contributed by atoms with van der Waals surface area (Å²) in [4.78, 5) is 12.7. The van der Waals surface area contributed by atoms with Crippen molar-refractivity contribution in [1.29, 1.82) is 0 Å². The Morgan fingerprint density at radius 3 is 2.78 bits per heavy atom. The van der Waals surface area contributed by atoms with Crippen LogP contribution in [0.2, 0.25) is 0 Å². The predicted molar refractivity (Wildman–Crippen MR) is 88.2 cm³/mol. The SMILES string of the molecule is C=C1C(C)(C)[C@@H]2CC[C@]1(C(=O)N/N=C/c1ccc(O)cc1O)C2. The van der Waals surface area contributed by atoms with Crippen LogP contribution in [-0.2, 0) is 4.79 Å². The summed E-state index contributed by atoms with van der Waals surface area (Å²) in [5, 5.41) is 22.9. The molecular formula is C18H22N2O3. The molecule has 2 aliphatic carbocycles. The van der Waals surface area contributed by atoms with E-state index in [2.05, 4.69) is 31.0 Å². The van der Waals surface area contributed by atoms with Gasteiger partial charge in [-0.25, -0.2) is 5.43 Å². The maximum absolute atomic E-state index is 12.7. The van der Waals surface area contributed by atoms with Gasteiger partial charge in [0.1, 0.15) is 11.5 Å². The van der Waals surface area contributed by atoms with Crippen molar-refractivity contribution in [3.8, 4) is 11.5 Å². The number of carbonyl (C=O) groups excluding carboxylic acids is 1. The zero-order chi connectivity index (χ0) is 16.8. The van der Waals surface area contributed by atoms with Crippen molar-refractivity contribution >= 4 is 12.1 Å². The first-order valence-corrected chi connectivity index (χ1v) is 7.83.